The van der Waals surface area contributed by atoms with Crippen LogP contribution in [0.25, 0.3) is 6.08 Å². The molecule has 2 heterocycles. The molecule has 206 valence electrons. The Balaban J connectivity index is 1.56. The lowest BCUT2D eigenvalue weighted by atomic mass is 9.64. The third kappa shape index (κ3) is 3.50. The summed E-state index contributed by atoms with van der Waals surface area (Å²) in [5.74, 6) is -2.32. The third-order valence-corrected chi connectivity index (χ3v) is 9.18. The van der Waals surface area contributed by atoms with Crippen LogP contribution in [0.5, 0.6) is 0 Å². The minimum atomic E-state index is -1.74. The summed E-state index contributed by atoms with van der Waals surface area (Å²) in [5.41, 5.74) is 0.553. The summed E-state index contributed by atoms with van der Waals surface area (Å²) in [6.45, 7) is 0. The lowest BCUT2D eigenvalue weighted by Gasteiger charge is -2.37. The number of carbonyl (C=O) groups excluding carboxylic acids is 3. The van der Waals surface area contributed by atoms with Gasteiger partial charge in [0.15, 0.2) is 17.3 Å². The summed E-state index contributed by atoms with van der Waals surface area (Å²) in [6, 6.07) is 22.4. The van der Waals surface area contributed by atoms with E-state index in [2.05, 4.69) is 0 Å². The molecular formula is C33H20Cl2N2O5. The van der Waals surface area contributed by atoms with Crippen LogP contribution in [0.4, 0.5) is 11.4 Å². The summed E-state index contributed by atoms with van der Waals surface area (Å²) in [7, 11) is 0. The van der Waals surface area contributed by atoms with E-state index in [0.29, 0.717) is 16.3 Å². The van der Waals surface area contributed by atoms with Gasteiger partial charge in [-0.1, -0.05) is 96.0 Å². The maximum absolute atomic E-state index is 14.7. The van der Waals surface area contributed by atoms with Crippen LogP contribution in [0, 0.1) is 15.5 Å². The van der Waals surface area contributed by atoms with Crippen molar-refractivity contribution in [2.24, 2.45) is 5.41 Å². The van der Waals surface area contributed by atoms with Crippen LogP contribution in [0.3, 0.4) is 0 Å². The summed E-state index contributed by atoms with van der Waals surface area (Å²) in [4.78, 5) is 56.9. The van der Waals surface area contributed by atoms with Gasteiger partial charge in [-0.3, -0.25) is 24.5 Å². The molecule has 4 aromatic rings. The highest BCUT2D eigenvalue weighted by molar-refractivity contribution is 6.36. The lowest BCUT2D eigenvalue weighted by Crippen LogP contribution is -2.48. The number of ketones is 3. The number of benzene rings is 4. The molecule has 3 atom stereocenters. The van der Waals surface area contributed by atoms with Crippen LogP contribution in [0.15, 0.2) is 97.1 Å². The number of rotatable bonds is 4. The number of halogens is 2. The summed E-state index contributed by atoms with van der Waals surface area (Å²) in [5, 5.41) is 12.2. The topological polar surface area (TPSA) is 97.6 Å². The maximum atomic E-state index is 14.7. The zero-order valence-corrected chi connectivity index (χ0v) is 23.3. The van der Waals surface area contributed by atoms with Crippen molar-refractivity contribution < 1.29 is 19.3 Å². The van der Waals surface area contributed by atoms with Crippen molar-refractivity contribution in [2.75, 3.05) is 4.90 Å². The van der Waals surface area contributed by atoms with Gasteiger partial charge in [-0.05, 0) is 29.3 Å². The van der Waals surface area contributed by atoms with Crippen molar-refractivity contribution in [1.82, 2.24) is 0 Å². The highest BCUT2D eigenvalue weighted by Gasteiger charge is 2.71. The fraction of sp³-hybridized carbons (Fsp3) is 0.121. The van der Waals surface area contributed by atoms with Gasteiger partial charge in [-0.25, -0.2) is 0 Å². The zero-order valence-electron chi connectivity index (χ0n) is 21.7. The van der Waals surface area contributed by atoms with Crippen LogP contribution in [0.1, 0.15) is 48.1 Å². The van der Waals surface area contributed by atoms with Crippen molar-refractivity contribution in [2.45, 2.75) is 18.0 Å². The number of nitrogens with zero attached hydrogens (tertiary/aromatic N) is 2. The van der Waals surface area contributed by atoms with E-state index < -0.39 is 45.7 Å². The monoisotopic (exact) mass is 594 g/mol. The molecule has 9 heteroatoms. The Bertz CT molecular complexity index is 1870. The number of Topliss-reactive ketones (excluding diaryl/α,β-unsaturated/α-hetero) is 3. The van der Waals surface area contributed by atoms with Crippen molar-refractivity contribution in [3.63, 3.8) is 0 Å². The summed E-state index contributed by atoms with van der Waals surface area (Å²) < 4.78 is 0. The standard InChI is InChI=1S/C33H20Cl2N2O5/c34-20-13-14-24(25(35)17-20)28-29(30(38)19-7-5-8-21(16-19)37(41)42)36-26-11-4-1-6-18(26)12-15-27(36)33(28)31(39)22-9-2-3-10-23(22)32(33)40/h1-17,27-29H/t27-,28-,29+/m0/s1. The number of para-hydroxylation sites is 1. The molecule has 0 radical (unpaired) electrons. The number of hydrogen-bond acceptors (Lipinski definition) is 6. The van der Waals surface area contributed by atoms with E-state index in [-0.39, 0.29) is 27.4 Å². The minimum absolute atomic E-state index is 0.0857. The Hall–Kier alpha value is -4.59. The van der Waals surface area contributed by atoms with E-state index >= 15 is 0 Å². The smallest absolute Gasteiger partial charge is 0.270 e. The van der Waals surface area contributed by atoms with Crippen LogP contribution in [0.2, 0.25) is 10.0 Å². The second kappa shape index (κ2) is 9.48. The second-order valence-electron chi connectivity index (χ2n) is 10.6. The molecule has 0 unspecified atom stereocenters. The third-order valence-electron chi connectivity index (χ3n) is 8.62. The number of non-ortho nitro benzene ring substituents is 1. The van der Waals surface area contributed by atoms with Crippen LogP contribution >= 0.6 is 23.2 Å². The van der Waals surface area contributed by atoms with Crippen molar-refractivity contribution in [3.8, 4) is 0 Å². The number of nitro benzene ring substituents is 1. The second-order valence-corrected chi connectivity index (χ2v) is 11.4. The van der Waals surface area contributed by atoms with Gasteiger partial charge in [-0.2, -0.15) is 0 Å². The lowest BCUT2D eigenvalue weighted by molar-refractivity contribution is -0.384. The molecule has 3 aliphatic rings. The molecule has 4 aromatic carbocycles. The molecule has 0 bridgehead atoms. The number of fused-ring (bicyclic) bond motifs is 5. The van der Waals surface area contributed by atoms with Gasteiger partial charge in [0, 0.05) is 50.5 Å². The normalized spacial score (nSPS) is 21.3. The first-order chi connectivity index (χ1) is 20.2. The SMILES string of the molecule is O=C(c1cccc([N+](=O)[O-])c1)[C@H]1[C@H](c2ccc(Cl)cc2Cl)C2(C(=O)c3ccccc3C2=O)[C@@H]2C=Cc3ccccc3N21. The van der Waals surface area contributed by atoms with Gasteiger partial charge < -0.3 is 4.90 Å². The number of anilines is 1. The Kier molecular flexibility index (Phi) is 5.94. The molecule has 1 fully saturated rings. The molecular weight excluding hydrogens is 575 g/mol. The van der Waals surface area contributed by atoms with E-state index in [1.165, 1.54) is 30.3 Å². The quantitative estimate of drug-likeness (QED) is 0.107. The average Bonchev–Trinajstić information content (AvgIpc) is 3.43. The fourth-order valence-corrected chi connectivity index (χ4v) is 7.48. The number of hydrogen-bond donors (Lipinski definition) is 0. The molecule has 42 heavy (non-hydrogen) atoms. The highest BCUT2D eigenvalue weighted by atomic mass is 35.5. The number of carbonyl (C=O) groups is 3. The van der Waals surface area contributed by atoms with Crippen LogP contribution in [-0.2, 0) is 0 Å². The molecule has 2 aliphatic heterocycles. The Morgan fingerprint density at radius 2 is 1.55 bits per heavy atom. The molecule has 1 spiro atoms. The van der Waals surface area contributed by atoms with Crippen molar-refractivity contribution in [3.05, 3.63) is 145 Å². The maximum Gasteiger partial charge on any atom is 0.270 e. The van der Waals surface area contributed by atoms with Crippen molar-refractivity contribution >= 4 is 58.0 Å². The molecule has 0 N–H and O–H groups in total. The van der Waals surface area contributed by atoms with Gasteiger partial charge in [-0.15, -0.1) is 0 Å². The van der Waals surface area contributed by atoms with E-state index in [1.807, 2.05) is 41.3 Å². The van der Waals surface area contributed by atoms with Gasteiger partial charge >= 0.3 is 0 Å². The van der Waals surface area contributed by atoms with E-state index in [0.717, 1.165) is 5.56 Å². The highest BCUT2D eigenvalue weighted by Crippen LogP contribution is 2.61. The van der Waals surface area contributed by atoms with Gasteiger partial charge in [0.2, 0.25) is 0 Å². The molecule has 7 nitrogen and oxygen atoms in total. The average molecular weight is 595 g/mol. The summed E-state index contributed by atoms with van der Waals surface area (Å²) >= 11 is 13.1. The minimum Gasteiger partial charge on any atom is -0.352 e. The summed E-state index contributed by atoms with van der Waals surface area (Å²) in [6.07, 6.45) is 3.67. The first-order valence-corrected chi connectivity index (χ1v) is 14.0. The first-order valence-electron chi connectivity index (χ1n) is 13.2. The molecule has 1 saturated heterocycles. The predicted octanol–water partition coefficient (Wildman–Crippen LogP) is 7.22. The fourth-order valence-electron chi connectivity index (χ4n) is 6.96. The largest absolute Gasteiger partial charge is 0.352 e. The van der Waals surface area contributed by atoms with Gasteiger partial charge in [0.25, 0.3) is 5.69 Å². The van der Waals surface area contributed by atoms with Crippen LogP contribution in [-0.4, -0.2) is 34.4 Å². The molecule has 1 aliphatic carbocycles. The predicted molar refractivity (Wildman–Crippen MR) is 160 cm³/mol. The van der Waals surface area contributed by atoms with Gasteiger partial charge in [0.1, 0.15) is 11.5 Å². The zero-order chi connectivity index (χ0) is 29.3. The Morgan fingerprint density at radius 3 is 2.24 bits per heavy atom. The molecule has 0 aromatic heterocycles. The number of nitro groups is 1. The molecule has 7 rings (SSSR count). The van der Waals surface area contributed by atoms with E-state index in [4.69, 9.17) is 23.2 Å². The van der Waals surface area contributed by atoms with Crippen molar-refractivity contribution in [1.29, 1.82) is 0 Å². The molecule has 0 amide bonds. The first kappa shape index (κ1) is 26.3. The van der Waals surface area contributed by atoms with E-state index in [1.54, 1.807) is 36.4 Å². The van der Waals surface area contributed by atoms with Crippen LogP contribution < -0.4 is 4.90 Å². The van der Waals surface area contributed by atoms with E-state index in [9.17, 15) is 24.5 Å². The van der Waals surface area contributed by atoms with Gasteiger partial charge in [0.05, 0.1) is 11.0 Å². The molecule has 0 saturated carbocycles. The Labute approximate surface area is 250 Å². The Morgan fingerprint density at radius 1 is 0.857 bits per heavy atom.